The summed E-state index contributed by atoms with van der Waals surface area (Å²) >= 11 is 0. The van der Waals surface area contributed by atoms with Gasteiger partial charge in [0.25, 0.3) is 5.56 Å². The molecule has 0 spiro atoms. The van der Waals surface area contributed by atoms with Crippen LogP contribution in [0.4, 0.5) is 0 Å². The smallest absolute Gasteiger partial charge is 0.326 e. The highest BCUT2D eigenvalue weighted by molar-refractivity contribution is 5.71. The Hall–Kier alpha value is -2.67. The SMILES string of the molecule is Cc1cccc(Cn2c(C[NH+]3CCCC[C@@H]3C)nc3c2c(=O)n(C)c(=O)n3C)c1. The molecule has 1 saturated heterocycles. The summed E-state index contributed by atoms with van der Waals surface area (Å²) in [5.74, 6) is 0.878. The minimum absolute atomic E-state index is 0.281. The zero-order valence-electron chi connectivity index (χ0n) is 17.7. The number of quaternary nitrogens is 1. The second-order valence-electron chi connectivity index (χ2n) is 8.46. The number of aryl methyl sites for hydroxylation is 2. The summed E-state index contributed by atoms with van der Waals surface area (Å²) in [4.78, 5) is 31.8. The summed E-state index contributed by atoms with van der Waals surface area (Å²) in [6.45, 7) is 6.81. The van der Waals surface area contributed by atoms with Gasteiger partial charge in [0.15, 0.2) is 17.0 Å². The van der Waals surface area contributed by atoms with Gasteiger partial charge in [0.05, 0.1) is 12.6 Å². The maximum Gasteiger partial charge on any atom is 0.332 e. The molecule has 29 heavy (non-hydrogen) atoms. The van der Waals surface area contributed by atoms with Crippen LogP contribution in [-0.4, -0.2) is 31.3 Å². The fraction of sp³-hybridized carbons (Fsp3) is 0.500. The van der Waals surface area contributed by atoms with Crippen molar-refractivity contribution in [1.29, 1.82) is 0 Å². The summed E-state index contributed by atoms with van der Waals surface area (Å²) in [5, 5.41) is 0. The second kappa shape index (κ2) is 7.63. The molecule has 1 N–H and O–H groups in total. The molecule has 0 saturated carbocycles. The van der Waals surface area contributed by atoms with E-state index in [1.54, 1.807) is 7.05 Å². The Morgan fingerprint density at radius 1 is 1.17 bits per heavy atom. The van der Waals surface area contributed by atoms with Crippen LogP contribution in [0.2, 0.25) is 0 Å². The molecule has 0 bridgehead atoms. The highest BCUT2D eigenvalue weighted by Crippen LogP contribution is 2.15. The standard InChI is InChI=1S/C22H29N5O2/c1-15-8-7-10-17(12-15)13-27-18(14-26-11-6-5-9-16(26)2)23-20-19(27)21(28)25(4)22(29)24(20)3/h7-8,10,12,16H,5-6,9,11,13-14H2,1-4H3/p+1/t16-/m0/s1. The molecule has 0 aliphatic carbocycles. The number of aromatic nitrogens is 4. The van der Waals surface area contributed by atoms with E-state index >= 15 is 0 Å². The highest BCUT2D eigenvalue weighted by Gasteiger charge is 2.26. The predicted octanol–water partition coefficient (Wildman–Crippen LogP) is 0.748. The Morgan fingerprint density at radius 2 is 1.97 bits per heavy atom. The summed E-state index contributed by atoms with van der Waals surface area (Å²) in [6.07, 6.45) is 3.71. The lowest BCUT2D eigenvalue weighted by Gasteiger charge is -2.30. The van der Waals surface area contributed by atoms with Gasteiger partial charge < -0.3 is 9.47 Å². The van der Waals surface area contributed by atoms with Crippen LogP contribution >= 0.6 is 0 Å². The summed E-state index contributed by atoms with van der Waals surface area (Å²) < 4.78 is 4.69. The maximum absolute atomic E-state index is 13.0. The van der Waals surface area contributed by atoms with Gasteiger partial charge in [-0.1, -0.05) is 29.8 Å². The lowest BCUT2D eigenvalue weighted by molar-refractivity contribution is -0.942. The molecular formula is C22H30N5O2+. The van der Waals surface area contributed by atoms with Crippen LogP contribution < -0.4 is 16.1 Å². The summed E-state index contributed by atoms with van der Waals surface area (Å²) in [6, 6.07) is 8.89. The van der Waals surface area contributed by atoms with Crippen molar-refractivity contribution in [3.8, 4) is 0 Å². The number of benzene rings is 1. The highest BCUT2D eigenvalue weighted by atomic mass is 16.2. The topological polar surface area (TPSA) is 66.3 Å². The Balaban J connectivity index is 1.89. The molecule has 2 atom stereocenters. The summed E-state index contributed by atoms with van der Waals surface area (Å²) in [5.41, 5.74) is 2.68. The first-order valence-electron chi connectivity index (χ1n) is 10.4. The van der Waals surface area contributed by atoms with Crippen LogP contribution in [0, 0.1) is 6.92 Å². The van der Waals surface area contributed by atoms with Crippen LogP contribution in [0.1, 0.15) is 43.1 Å². The number of nitrogens with one attached hydrogen (secondary N) is 1. The molecule has 0 amide bonds. The van der Waals surface area contributed by atoms with Gasteiger partial charge >= 0.3 is 5.69 Å². The minimum atomic E-state index is -0.340. The molecular weight excluding hydrogens is 366 g/mol. The molecule has 3 aromatic rings. The van der Waals surface area contributed by atoms with E-state index in [4.69, 9.17) is 4.98 Å². The zero-order valence-corrected chi connectivity index (χ0v) is 17.7. The van der Waals surface area contributed by atoms with E-state index in [-0.39, 0.29) is 11.2 Å². The van der Waals surface area contributed by atoms with Gasteiger partial charge in [-0.15, -0.1) is 0 Å². The Bertz CT molecular complexity index is 1170. The quantitative estimate of drug-likeness (QED) is 0.708. The van der Waals surface area contributed by atoms with Gasteiger partial charge in [-0.25, -0.2) is 9.78 Å². The molecule has 154 valence electrons. The number of imidazole rings is 1. The van der Waals surface area contributed by atoms with Gasteiger partial charge in [-0.3, -0.25) is 13.9 Å². The van der Waals surface area contributed by atoms with Gasteiger partial charge in [0, 0.05) is 20.6 Å². The van der Waals surface area contributed by atoms with Crippen molar-refractivity contribution in [3.63, 3.8) is 0 Å². The van der Waals surface area contributed by atoms with Crippen molar-refractivity contribution >= 4 is 11.2 Å². The van der Waals surface area contributed by atoms with Crippen molar-refractivity contribution in [3.05, 3.63) is 62.1 Å². The van der Waals surface area contributed by atoms with E-state index in [1.807, 2.05) is 10.6 Å². The lowest BCUT2D eigenvalue weighted by Crippen LogP contribution is -3.15. The zero-order chi connectivity index (χ0) is 20.7. The molecule has 1 unspecified atom stereocenters. The van der Waals surface area contributed by atoms with E-state index in [0.717, 1.165) is 24.5 Å². The molecule has 4 rings (SSSR count). The third kappa shape index (κ3) is 3.55. The molecule has 1 aromatic carbocycles. The van der Waals surface area contributed by atoms with Crippen molar-refractivity contribution in [2.75, 3.05) is 6.54 Å². The van der Waals surface area contributed by atoms with E-state index in [1.165, 1.54) is 45.9 Å². The molecule has 7 nitrogen and oxygen atoms in total. The molecule has 7 heteroatoms. The van der Waals surface area contributed by atoms with Crippen molar-refractivity contribution < 1.29 is 4.90 Å². The Kier molecular flexibility index (Phi) is 5.17. The Morgan fingerprint density at radius 3 is 2.69 bits per heavy atom. The third-order valence-electron chi connectivity index (χ3n) is 6.32. The molecule has 1 aliphatic rings. The fourth-order valence-corrected chi connectivity index (χ4v) is 4.51. The average Bonchev–Trinajstić information content (AvgIpc) is 3.05. The lowest BCUT2D eigenvalue weighted by atomic mass is 10.0. The van der Waals surface area contributed by atoms with Crippen LogP contribution in [-0.2, 0) is 27.2 Å². The van der Waals surface area contributed by atoms with Crippen LogP contribution in [0.5, 0.6) is 0 Å². The fourth-order valence-electron chi connectivity index (χ4n) is 4.51. The van der Waals surface area contributed by atoms with E-state index in [9.17, 15) is 9.59 Å². The molecule has 3 heterocycles. The van der Waals surface area contributed by atoms with Gasteiger partial charge in [0.1, 0.15) is 6.54 Å². The van der Waals surface area contributed by atoms with Gasteiger partial charge in [-0.2, -0.15) is 0 Å². The predicted molar refractivity (Wildman–Crippen MR) is 113 cm³/mol. The first kappa shape index (κ1) is 19.6. The first-order chi connectivity index (χ1) is 13.9. The average molecular weight is 397 g/mol. The van der Waals surface area contributed by atoms with E-state index in [0.29, 0.717) is 23.8 Å². The third-order valence-corrected chi connectivity index (χ3v) is 6.32. The van der Waals surface area contributed by atoms with Crippen LogP contribution in [0.15, 0.2) is 33.9 Å². The van der Waals surface area contributed by atoms with Crippen molar-refractivity contribution in [1.82, 2.24) is 18.7 Å². The largest absolute Gasteiger partial charge is 0.332 e. The molecule has 2 aromatic heterocycles. The minimum Gasteiger partial charge on any atom is -0.326 e. The number of piperidine rings is 1. The van der Waals surface area contributed by atoms with E-state index < -0.39 is 0 Å². The molecule has 1 aliphatic heterocycles. The Labute approximate surface area is 170 Å². The van der Waals surface area contributed by atoms with Crippen LogP contribution in [0.25, 0.3) is 11.2 Å². The normalized spacial score (nSPS) is 19.7. The maximum atomic E-state index is 13.0. The number of likely N-dealkylation sites (tertiary alicyclic amines) is 1. The number of rotatable bonds is 4. The first-order valence-corrected chi connectivity index (χ1v) is 10.4. The van der Waals surface area contributed by atoms with Crippen molar-refractivity contribution in [2.24, 2.45) is 14.1 Å². The number of hydrogen-bond donors (Lipinski definition) is 1. The molecule has 1 fully saturated rings. The number of nitrogens with zero attached hydrogens (tertiary/aromatic N) is 4. The van der Waals surface area contributed by atoms with Gasteiger partial charge in [0.2, 0.25) is 0 Å². The van der Waals surface area contributed by atoms with Crippen molar-refractivity contribution in [2.45, 2.75) is 52.2 Å². The van der Waals surface area contributed by atoms with Gasteiger partial charge in [-0.05, 0) is 38.7 Å². The molecule has 0 radical (unpaired) electrons. The second-order valence-corrected chi connectivity index (χ2v) is 8.46. The number of hydrogen-bond acceptors (Lipinski definition) is 3. The monoisotopic (exact) mass is 396 g/mol. The van der Waals surface area contributed by atoms with Crippen LogP contribution in [0.3, 0.4) is 0 Å². The summed E-state index contributed by atoms with van der Waals surface area (Å²) in [7, 11) is 3.22. The number of fused-ring (bicyclic) bond motifs is 1. The van der Waals surface area contributed by atoms with E-state index in [2.05, 4.69) is 32.0 Å².